The monoisotopic (exact) mass is 360 g/mol. The van der Waals surface area contributed by atoms with Crippen LogP contribution in [0.4, 0.5) is 4.39 Å². The molecule has 0 N–H and O–H groups in total. The van der Waals surface area contributed by atoms with Crippen molar-refractivity contribution in [2.45, 2.75) is 97.3 Å². The molecule has 0 aromatic heterocycles. The fourth-order valence-electron chi connectivity index (χ4n) is 6.15. The number of hydrogen-bond acceptors (Lipinski definition) is 0. The molecule has 0 radical (unpaired) electrons. The summed E-state index contributed by atoms with van der Waals surface area (Å²) in [7, 11) is 0. The van der Waals surface area contributed by atoms with E-state index in [-0.39, 0.29) is 0 Å². The van der Waals surface area contributed by atoms with Crippen molar-refractivity contribution in [2.75, 3.05) is 0 Å². The second-order valence-electron chi connectivity index (χ2n) is 9.92. The van der Waals surface area contributed by atoms with Crippen LogP contribution in [0.1, 0.15) is 97.3 Å². The SMILES string of the molecule is CC(=CC1CCC(C)CC1)C1CCC(C2CCC(C/C=C/F)CC2)CC1. The lowest BCUT2D eigenvalue weighted by atomic mass is 9.68. The van der Waals surface area contributed by atoms with Crippen molar-refractivity contribution in [2.24, 2.45) is 35.5 Å². The van der Waals surface area contributed by atoms with E-state index in [2.05, 4.69) is 19.9 Å². The first kappa shape index (κ1) is 20.2. The highest BCUT2D eigenvalue weighted by molar-refractivity contribution is 5.08. The van der Waals surface area contributed by atoms with Crippen molar-refractivity contribution >= 4 is 0 Å². The lowest BCUT2D eigenvalue weighted by Gasteiger charge is -2.38. The predicted octanol–water partition coefficient (Wildman–Crippen LogP) is 8.25. The highest BCUT2D eigenvalue weighted by Crippen LogP contribution is 2.43. The summed E-state index contributed by atoms with van der Waals surface area (Å²) in [5, 5.41) is 0. The highest BCUT2D eigenvalue weighted by Gasteiger charge is 2.31. The second kappa shape index (κ2) is 10.1. The summed E-state index contributed by atoms with van der Waals surface area (Å²) >= 11 is 0. The zero-order valence-electron chi connectivity index (χ0n) is 17.3. The highest BCUT2D eigenvalue weighted by atomic mass is 19.1. The summed E-state index contributed by atoms with van der Waals surface area (Å²) in [4.78, 5) is 0. The van der Waals surface area contributed by atoms with Gasteiger partial charge in [-0.2, -0.15) is 0 Å². The first-order chi connectivity index (χ1) is 12.7. The molecular weight excluding hydrogens is 319 g/mol. The maximum Gasteiger partial charge on any atom is 0.0827 e. The van der Waals surface area contributed by atoms with Crippen LogP contribution >= 0.6 is 0 Å². The zero-order valence-corrected chi connectivity index (χ0v) is 17.3. The van der Waals surface area contributed by atoms with Gasteiger partial charge in [-0.25, -0.2) is 4.39 Å². The van der Waals surface area contributed by atoms with E-state index in [0.717, 1.165) is 48.3 Å². The lowest BCUT2D eigenvalue weighted by molar-refractivity contribution is 0.154. The molecule has 0 nitrogen and oxygen atoms in total. The normalized spacial score (nSPS) is 40.0. The van der Waals surface area contributed by atoms with E-state index in [1.54, 1.807) is 11.6 Å². The summed E-state index contributed by atoms with van der Waals surface area (Å²) < 4.78 is 12.2. The fourth-order valence-corrected chi connectivity index (χ4v) is 6.15. The van der Waals surface area contributed by atoms with Gasteiger partial charge in [0.05, 0.1) is 6.33 Å². The minimum absolute atomic E-state index is 0.733. The van der Waals surface area contributed by atoms with Crippen LogP contribution in [0.3, 0.4) is 0 Å². The van der Waals surface area contributed by atoms with Crippen molar-refractivity contribution in [3.63, 3.8) is 0 Å². The first-order valence-electron chi connectivity index (χ1n) is 11.6. The molecule has 0 aliphatic heterocycles. The molecule has 0 unspecified atom stereocenters. The van der Waals surface area contributed by atoms with Gasteiger partial charge in [0, 0.05) is 0 Å². The Bertz CT molecular complexity index is 453. The largest absolute Gasteiger partial charge is 0.216 e. The molecule has 148 valence electrons. The second-order valence-corrected chi connectivity index (χ2v) is 9.92. The van der Waals surface area contributed by atoms with Crippen LogP contribution in [0.5, 0.6) is 0 Å². The molecular formula is C25H41F. The smallest absolute Gasteiger partial charge is 0.0827 e. The van der Waals surface area contributed by atoms with Gasteiger partial charge in [0.2, 0.25) is 0 Å². The molecule has 3 rings (SSSR count). The Balaban J connectivity index is 1.40. The van der Waals surface area contributed by atoms with Crippen LogP contribution in [0.25, 0.3) is 0 Å². The molecule has 3 saturated carbocycles. The molecule has 0 heterocycles. The van der Waals surface area contributed by atoms with Crippen molar-refractivity contribution < 1.29 is 4.39 Å². The Morgan fingerprint density at radius 1 is 0.808 bits per heavy atom. The molecule has 0 saturated heterocycles. The van der Waals surface area contributed by atoms with Gasteiger partial charge in [0.15, 0.2) is 0 Å². The molecule has 26 heavy (non-hydrogen) atoms. The van der Waals surface area contributed by atoms with E-state index in [1.165, 1.54) is 77.0 Å². The van der Waals surface area contributed by atoms with Gasteiger partial charge in [-0.1, -0.05) is 37.5 Å². The van der Waals surface area contributed by atoms with E-state index in [1.807, 2.05) is 0 Å². The Hall–Kier alpha value is -0.590. The van der Waals surface area contributed by atoms with Crippen molar-refractivity contribution in [3.8, 4) is 0 Å². The average molecular weight is 361 g/mol. The Kier molecular flexibility index (Phi) is 7.82. The van der Waals surface area contributed by atoms with Crippen LogP contribution in [0.2, 0.25) is 0 Å². The van der Waals surface area contributed by atoms with Crippen molar-refractivity contribution in [1.82, 2.24) is 0 Å². The van der Waals surface area contributed by atoms with E-state index >= 15 is 0 Å². The fraction of sp³-hybridized carbons (Fsp3) is 0.840. The molecule has 1 heteroatoms. The third kappa shape index (κ3) is 5.70. The third-order valence-electron chi connectivity index (χ3n) is 8.09. The summed E-state index contributed by atoms with van der Waals surface area (Å²) in [6.45, 7) is 4.84. The van der Waals surface area contributed by atoms with Gasteiger partial charge in [0.1, 0.15) is 0 Å². The Morgan fingerprint density at radius 2 is 1.38 bits per heavy atom. The maximum atomic E-state index is 12.2. The number of halogens is 1. The molecule has 0 aromatic carbocycles. The van der Waals surface area contributed by atoms with Crippen molar-refractivity contribution in [3.05, 3.63) is 24.1 Å². The van der Waals surface area contributed by atoms with Gasteiger partial charge < -0.3 is 0 Å². The summed E-state index contributed by atoms with van der Waals surface area (Å²) in [6, 6.07) is 0. The van der Waals surface area contributed by atoms with E-state index in [9.17, 15) is 4.39 Å². The predicted molar refractivity (Wildman–Crippen MR) is 111 cm³/mol. The van der Waals surface area contributed by atoms with Crippen molar-refractivity contribution in [1.29, 1.82) is 0 Å². The standard InChI is InChI=1S/C25H41F/c1-19-5-7-22(8-6-19)18-20(2)23-13-15-25(16-14-23)24-11-9-21(10-12-24)4-3-17-26/h3,17-19,21-25H,4-16H2,1-2H3/b17-3+,20-18?. The third-order valence-corrected chi connectivity index (χ3v) is 8.09. The zero-order chi connectivity index (χ0) is 18.4. The van der Waals surface area contributed by atoms with Gasteiger partial charge in [-0.3, -0.25) is 0 Å². The first-order valence-corrected chi connectivity index (χ1v) is 11.6. The van der Waals surface area contributed by atoms with Crippen LogP contribution in [0.15, 0.2) is 24.1 Å². The quantitative estimate of drug-likeness (QED) is 0.433. The molecule has 0 atom stereocenters. The number of rotatable bonds is 5. The summed E-state index contributed by atoms with van der Waals surface area (Å²) in [5.74, 6) is 5.39. The maximum absolute atomic E-state index is 12.2. The van der Waals surface area contributed by atoms with Gasteiger partial charge in [0.25, 0.3) is 0 Å². The average Bonchev–Trinajstić information content (AvgIpc) is 2.68. The van der Waals surface area contributed by atoms with E-state index in [4.69, 9.17) is 0 Å². The van der Waals surface area contributed by atoms with E-state index in [0.29, 0.717) is 0 Å². The molecule has 3 aliphatic carbocycles. The van der Waals surface area contributed by atoms with Gasteiger partial charge in [-0.05, 0) is 113 Å². The summed E-state index contributed by atoms with van der Waals surface area (Å²) in [5.41, 5.74) is 1.71. The molecule has 0 amide bonds. The van der Waals surface area contributed by atoms with Crippen LogP contribution in [-0.2, 0) is 0 Å². The topological polar surface area (TPSA) is 0 Å². The lowest BCUT2D eigenvalue weighted by Crippen LogP contribution is -2.26. The summed E-state index contributed by atoms with van der Waals surface area (Å²) in [6.07, 6.45) is 23.0. The van der Waals surface area contributed by atoms with Crippen LogP contribution in [0, 0.1) is 35.5 Å². The van der Waals surface area contributed by atoms with Crippen LogP contribution < -0.4 is 0 Å². The molecule has 0 bridgehead atoms. The Labute approximate surface area is 161 Å². The number of allylic oxidation sites excluding steroid dienone is 3. The molecule has 3 aliphatic rings. The van der Waals surface area contributed by atoms with Gasteiger partial charge >= 0.3 is 0 Å². The molecule has 0 spiro atoms. The van der Waals surface area contributed by atoms with E-state index < -0.39 is 0 Å². The number of hydrogen-bond donors (Lipinski definition) is 0. The molecule has 3 fully saturated rings. The Morgan fingerprint density at radius 3 is 1.96 bits per heavy atom. The molecule has 0 aromatic rings. The van der Waals surface area contributed by atoms with Crippen LogP contribution in [-0.4, -0.2) is 0 Å². The minimum atomic E-state index is 0.733. The van der Waals surface area contributed by atoms with Gasteiger partial charge in [-0.15, -0.1) is 0 Å². The minimum Gasteiger partial charge on any atom is -0.216 e.